The van der Waals surface area contributed by atoms with E-state index in [0.717, 1.165) is 56.6 Å². The van der Waals surface area contributed by atoms with Crippen molar-refractivity contribution in [3.05, 3.63) is 41.6 Å². The van der Waals surface area contributed by atoms with Crippen molar-refractivity contribution in [3.63, 3.8) is 0 Å². The molecule has 34 heavy (non-hydrogen) atoms. The molecule has 0 radical (unpaired) electrons. The van der Waals surface area contributed by atoms with E-state index in [-0.39, 0.29) is 18.6 Å². The molecule has 1 aromatic heterocycles. The largest absolute Gasteiger partial charge is 0.394 e. The van der Waals surface area contributed by atoms with Crippen molar-refractivity contribution in [3.8, 4) is 11.3 Å². The minimum atomic E-state index is -0.0138. The van der Waals surface area contributed by atoms with Crippen molar-refractivity contribution in [2.75, 3.05) is 26.2 Å². The number of rotatable bonds is 8. The highest BCUT2D eigenvalue weighted by Gasteiger charge is 2.31. The number of unbranched alkanes of at least 4 members (excludes halogenated alkanes) is 2. The Balaban J connectivity index is 0.00000158. The van der Waals surface area contributed by atoms with E-state index in [1.54, 1.807) is 0 Å². The number of hydrogen-bond acceptors (Lipinski definition) is 5. The van der Waals surface area contributed by atoms with Gasteiger partial charge in [-0.3, -0.25) is 14.4 Å². The smallest absolute Gasteiger partial charge is 0.237 e. The lowest BCUT2D eigenvalue weighted by Crippen LogP contribution is -2.50. The molecule has 1 N–H and O–H groups in total. The zero-order valence-corrected chi connectivity index (χ0v) is 20.8. The van der Waals surface area contributed by atoms with Crippen LogP contribution >= 0.6 is 0 Å². The highest BCUT2D eigenvalue weighted by Crippen LogP contribution is 2.30. The van der Waals surface area contributed by atoms with Gasteiger partial charge in [-0.1, -0.05) is 56.0 Å². The van der Waals surface area contributed by atoms with Crippen molar-refractivity contribution in [1.29, 1.82) is 0 Å². The Bertz CT molecular complexity index is 911. The lowest BCUT2D eigenvalue weighted by Gasteiger charge is -2.38. The molecule has 1 aromatic carbocycles. The van der Waals surface area contributed by atoms with Crippen LogP contribution in [0.2, 0.25) is 0 Å². The van der Waals surface area contributed by atoms with Crippen molar-refractivity contribution in [2.45, 2.75) is 77.4 Å². The molecule has 2 aliphatic heterocycles. The van der Waals surface area contributed by atoms with Crippen LogP contribution in [-0.2, 0) is 16.1 Å². The number of piperidine rings is 1. The molecule has 4 rings (SSSR count). The average Bonchev–Trinajstić information content (AvgIpc) is 3.30. The van der Waals surface area contributed by atoms with Crippen molar-refractivity contribution < 1.29 is 14.7 Å². The Morgan fingerprint density at radius 2 is 1.91 bits per heavy atom. The molecule has 0 saturated carbocycles. The first-order valence-corrected chi connectivity index (χ1v) is 12.7. The van der Waals surface area contributed by atoms with Gasteiger partial charge in [0.2, 0.25) is 5.91 Å². The van der Waals surface area contributed by atoms with Crippen LogP contribution in [0.3, 0.4) is 0 Å². The summed E-state index contributed by atoms with van der Waals surface area (Å²) in [7, 11) is 0. The summed E-state index contributed by atoms with van der Waals surface area (Å²) in [5, 5.41) is 14.7. The van der Waals surface area contributed by atoms with Gasteiger partial charge in [-0.2, -0.15) is 5.10 Å². The predicted molar refractivity (Wildman–Crippen MR) is 134 cm³/mol. The molecule has 1 fully saturated rings. The third-order valence-electron chi connectivity index (χ3n) is 7.02. The zero-order chi connectivity index (χ0) is 24.5. The first-order chi connectivity index (χ1) is 16.6. The van der Waals surface area contributed by atoms with Crippen LogP contribution in [-0.4, -0.2) is 69.7 Å². The number of likely N-dealkylation sites (tertiary alicyclic amines) is 1. The van der Waals surface area contributed by atoms with Gasteiger partial charge in [0.1, 0.15) is 6.79 Å². The fourth-order valence-corrected chi connectivity index (χ4v) is 5.17. The Labute approximate surface area is 203 Å². The van der Waals surface area contributed by atoms with Gasteiger partial charge in [-0.05, 0) is 38.7 Å². The molecule has 1 saturated heterocycles. The van der Waals surface area contributed by atoms with Crippen molar-refractivity contribution in [1.82, 2.24) is 19.6 Å². The molecule has 0 spiro atoms. The minimum absolute atomic E-state index is 0.0138. The summed E-state index contributed by atoms with van der Waals surface area (Å²) < 4.78 is 2.23. The summed E-state index contributed by atoms with van der Waals surface area (Å²) in [5.41, 5.74) is 4.61. The fraction of sp³-hybridized carbons (Fsp3) is 0.593. The van der Waals surface area contributed by atoms with E-state index in [0.29, 0.717) is 12.6 Å². The normalized spacial score (nSPS) is 20.4. The molecule has 0 bridgehead atoms. The van der Waals surface area contributed by atoms with Gasteiger partial charge in [0.05, 0.1) is 36.6 Å². The fourth-order valence-electron chi connectivity index (χ4n) is 5.17. The summed E-state index contributed by atoms with van der Waals surface area (Å²) in [6.45, 7) is 9.19. The van der Waals surface area contributed by atoms with Crippen molar-refractivity contribution >= 4 is 12.7 Å². The maximum absolute atomic E-state index is 13.1. The van der Waals surface area contributed by atoms with Crippen molar-refractivity contribution in [2.24, 2.45) is 0 Å². The number of fused-ring (bicyclic) bond motifs is 1. The number of amides is 1. The van der Waals surface area contributed by atoms with E-state index < -0.39 is 0 Å². The highest BCUT2D eigenvalue weighted by atomic mass is 16.3. The Morgan fingerprint density at radius 1 is 1.15 bits per heavy atom. The van der Waals surface area contributed by atoms with E-state index in [9.17, 15) is 9.90 Å². The molecule has 186 valence electrons. The van der Waals surface area contributed by atoms with E-state index in [4.69, 9.17) is 9.89 Å². The van der Waals surface area contributed by atoms with Gasteiger partial charge in [-0.15, -0.1) is 0 Å². The summed E-state index contributed by atoms with van der Waals surface area (Å²) in [6, 6.07) is 11.0. The highest BCUT2D eigenvalue weighted by molar-refractivity contribution is 5.78. The van der Waals surface area contributed by atoms with Crippen LogP contribution in [0.25, 0.3) is 11.3 Å². The van der Waals surface area contributed by atoms with Gasteiger partial charge in [0.25, 0.3) is 0 Å². The van der Waals surface area contributed by atoms with Gasteiger partial charge < -0.3 is 14.8 Å². The molecular formula is C27H40N4O3. The molecule has 7 nitrogen and oxygen atoms in total. The quantitative estimate of drug-likeness (QED) is 0.593. The third kappa shape index (κ3) is 6.33. The summed E-state index contributed by atoms with van der Waals surface area (Å²) in [4.78, 5) is 25.3. The lowest BCUT2D eigenvalue weighted by molar-refractivity contribution is -0.137. The van der Waals surface area contributed by atoms with Crippen LogP contribution in [0.4, 0.5) is 0 Å². The number of carbonyl (C=O) groups is 2. The standard InChI is InChI=1S/C26H38N4O2.CH2O/c1-3-4-5-8-22-16-28(18-26(32)29-14-7-6-9-23(29)19-31)17-24-15-25(27-30(22)24)21-12-10-20(2)11-13-21;1-2/h10-13,15,22-23,31H,3-9,14,16-19H2,1-2H3;1H2. The molecule has 1 amide bonds. The van der Waals surface area contributed by atoms with Crippen LogP contribution in [0, 0.1) is 6.92 Å². The van der Waals surface area contributed by atoms with Gasteiger partial charge in [-0.25, -0.2) is 0 Å². The second kappa shape index (κ2) is 12.8. The molecule has 2 aromatic rings. The number of aryl methyl sites for hydroxylation is 1. The second-order valence-corrected chi connectivity index (χ2v) is 9.57. The summed E-state index contributed by atoms with van der Waals surface area (Å²) in [5.74, 6) is 0.155. The lowest BCUT2D eigenvalue weighted by atomic mass is 10.0. The maximum atomic E-state index is 13.1. The number of aliphatic hydroxyl groups is 1. The molecule has 0 aliphatic carbocycles. The molecule has 2 atom stereocenters. The molecule has 3 heterocycles. The van der Waals surface area contributed by atoms with Crippen LogP contribution < -0.4 is 0 Å². The molecule has 2 aliphatic rings. The topological polar surface area (TPSA) is 78.7 Å². The number of benzene rings is 1. The number of aliphatic hydroxyl groups excluding tert-OH is 1. The Kier molecular flexibility index (Phi) is 9.84. The third-order valence-corrected chi connectivity index (χ3v) is 7.02. The van der Waals surface area contributed by atoms with Gasteiger partial charge in [0, 0.05) is 25.2 Å². The summed E-state index contributed by atoms with van der Waals surface area (Å²) >= 11 is 0. The Morgan fingerprint density at radius 3 is 2.62 bits per heavy atom. The van der Waals surface area contributed by atoms with E-state index in [1.165, 1.54) is 30.5 Å². The van der Waals surface area contributed by atoms with Gasteiger partial charge in [0.15, 0.2) is 0 Å². The van der Waals surface area contributed by atoms with Crippen LogP contribution in [0.15, 0.2) is 30.3 Å². The monoisotopic (exact) mass is 468 g/mol. The molecular weight excluding hydrogens is 428 g/mol. The number of carbonyl (C=O) groups excluding carboxylic acids is 2. The molecule has 7 heteroatoms. The van der Waals surface area contributed by atoms with Crippen LogP contribution in [0.1, 0.15) is 69.2 Å². The minimum Gasteiger partial charge on any atom is -0.394 e. The second-order valence-electron chi connectivity index (χ2n) is 9.57. The van der Waals surface area contributed by atoms with E-state index in [1.807, 2.05) is 11.7 Å². The summed E-state index contributed by atoms with van der Waals surface area (Å²) in [6.07, 6.45) is 7.74. The van der Waals surface area contributed by atoms with E-state index in [2.05, 4.69) is 53.8 Å². The molecule has 2 unspecified atom stereocenters. The predicted octanol–water partition coefficient (Wildman–Crippen LogP) is 3.98. The SMILES string of the molecule is C=O.CCCCCC1CN(CC(=O)N2CCCCC2CO)Cc2cc(-c3ccc(C)cc3)nn21. The first kappa shape index (κ1) is 26.1. The Hall–Kier alpha value is -2.51. The maximum Gasteiger partial charge on any atom is 0.237 e. The van der Waals surface area contributed by atoms with Gasteiger partial charge >= 0.3 is 0 Å². The number of aromatic nitrogens is 2. The number of nitrogens with zero attached hydrogens (tertiary/aromatic N) is 4. The van der Waals surface area contributed by atoms with Crippen LogP contribution in [0.5, 0.6) is 0 Å². The zero-order valence-electron chi connectivity index (χ0n) is 20.8. The average molecular weight is 469 g/mol. The first-order valence-electron chi connectivity index (χ1n) is 12.7. The van der Waals surface area contributed by atoms with E-state index >= 15 is 0 Å². The number of hydrogen-bond donors (Lipinski definition) is 1.